The van der Waals surface area contributed by atoms with Crippen LogP contribution in [0.2, 0.25) is 10.0 Å². The average Bonchev–Trinajstić information content (AvgIpc) is 2.66. The van der Waals surface area contributed by atoms with Gasteiger partial charge in [-0.3, -0.25) is 4.79 Å². The van der Waals surface area contributed by atoms with Crippen LogP contribution in [0.15, 0.2) is 42.5 Å². The molecule has 8 heteroatoms. The number of halogens is 2. The number of hydrogen-bond donors (Lipinski definition) is 1. The second kappa shape index (κ2) is 9.85. The summed E-state index contributed by atoms with van der Waals surface area (Å²) in [5, 5.41) is 3.48. The van der Waals surface area contributed by atoms with Crippen molar-refractivity contribution in [2.75, 3.05) is 26.1 Å². The third-order valence-electron chi connectivity index (χ3n) is 3.34. The van der Waals surface area contributed by atoms with Gasteiger partial charge in [0.05, 0.1) is 19.2 Å². The number of amides is 1. The molecule has 0 aliphatic rings. The van der Waals surface area contributed by atoms with Crippen LogP contribution < -0.4 is 14.8 Å². The molecule has 0 saturated carbocycles. The van der Waals surface area contributed by atoms with Gasteiger partial charge in [-0.2, -0.15) is 0 Å². The molecule has 0 bridgehead atoms. The van der Waals surface area contributed by atoms with Gasteiger partial charge >= 0.3 is 5.97 Å². The summed E-state index contributed by atoms with van der Waals surface area (Å²) in [6, 6.07) is 9.83. The third kappa shape index (κ3) is 6.20. The summed E-state index contributed by atoms with van der Waals surface area (Å²) in [6.07, 6.45) is 2.68. The van der Waals surface area contributed by atoms with Crippen LogP contribution in [0.5, 0.6) is 11.5 Å². The maximum absolute atomic E-state index is 11.8. The molecule has 0 aliphatic heterocycles. The summed E-state index contributed by atoms with van der Waals surface area (Å²) < 4.78 is 15.2. The summed E-state index contributed by atoms with van der Waals surface area (Å²) in [6.45, 7) is -0.418. The summed E-state index contributed by atoms with van der Waals surface area (Å²) in [4.78, 5) is 23.6. The van der Waals surface area contributed by atoms with Gasteiger partial charge in [0.15, 0.2) is 18.1 Å². The minimum absolute atomic E-state index is 0.340. The van der Waals surface area contributed by atoms with E-state index in [0.717, 1.165) is 0 Å². The van der Waals surface area contributed by atoms with Crippen molar-refractivity contribution in [2.45, 2.75) is 0 Å². The van der Waals surface area contributed by atoms with Gasteiger partial charge in [-0.25, -0.2) is 4.79 Å². The molecule has 0 aromatic heterocycles. The van der Waals surface area contributed by atoms with Crippen molar-refractivity contribution in [2.24, 2.45) is 0 Å². The van der Waals surface area contributed by atoms with Crippen LogP contribution in [0.25, 0.3) is 6.08 Å². The Balaban J connectivity index is 1.90. The maximum atomic E-state index is 11.8. The summed E-state index contributed by atoms with van der Waals surface area (Å²) in [7, 11) is 2.96. The zero-order valence-electron chi connectivity index (χ0n) is 14.6. The molecule has 27 heavy (non-hydrogen) atoms. The van der Waals surface area contributed by atoms with E-state index in [0.29, 0.717) is 32.8 Å². The third-order valence-corrected chi connectivity index (χ3v) is 3.87. The first kappa shape index (κ1) is 20.6. The molecule has 0 aliphatic carbocycles. The van der Waals surface area contributed by atoms with Gasteiger partial charge in [0, 0.05) is 16.8 Å². The quantitative estimate of drug-likeness (QED) is 0.547. The fraction of sp³-hybridized carbons (Fsp3) is 0.158. The van der Waals surface area contributed by atoms with Gasteiger partial charge in [-0.1, -0.05) is 23.2 Å². The van der Waals surface area contributed by atoms with E-state index in [1.54, 1.807) is 36.4 Å². The van der Waals surface area contributed by atoms with E-state index < -0.39 is 18.5 Å². The lowest BCUT2D eigenvalue weighted by molar-refractivity contribution is -0.142. The van der Waals surface area contributed by atoms with E-state index >= 15 is 0 Å². The highest BCUT2D eigenvalue weighted by molar-refractivity contribution is 6.32. The van der Waals surface area contributed by atoms with Crippen molar-refractivity contribution in [3.63, 3.8) is 0 Å². The van der Waals surface area contributed by atoms with Crippen molar-refractivity contribution >= 4 is 46.8 Å². The molecule has 2 aromatic carbocycles. The van der Waals surface area contributed by atoms with Crippen molar-refractivity contribution < 1.29 is 23.8 Å². The first-order valence-electron chi connectivity index (χ1n) is 7.74. The Kier molecular flexibility index (Phi) is 7.52. The second-order valence-corrected chi connectivity index (χ2v) is 6.08. The molecule has 142 valence electrons. The van der Waals surface area contributed by atoms with E-state index in [-0.39, 0.29) is 0 Å². The van der Waals surface area contributed by atoms with E-state index in [4.69, 9.17) is 37.4 Å². The number of hydrogen-bond acceptors (Lipinski definition) is 5. The molecule has 1 N–H and O–H groups in total. The number of anilines is 1. The first-order chi connectivity index (χ1) is 12.9. The Labute approximate surface area is 166 Å². The van der Waals surface area contributed by atoms with Crippen molar-refractivity contribution in [3.05, 3.63) is 58.1 Å². The lowest BCUT2D eigenvalue weighted by Crippen LogP contribution is -2.20. The topological polar surface area (TPSA) is 73.9 Å². The molecule has 2 aromatic rings. The van der Waals surface area contributed by atoms with Gasteiger partial charge in [0.25, 0.3) is 5.91 Å². The Bertz CT molecular complexity index is 850. The number of esters is 1. The fourth-order valence-electron chi connectivity index (χ4n) is 2.11. The van der Waals surface area contributed by atoms with Gasteiger partial charge in [-0.15, -0.1) is 0 Å². The Morgan fingerprint density at radius 1 is 1.07 bits per heavy atom. The SMILES string of the molecule is COc1cc(/C=C/C(=O)OCC(=O)Nc2ccc(Cl)cc2)cc(Cl)c1OC. The lowest BCUT2D eigenvalue weighted by atomic mass is 10.2. The van der Waals surface area contributed by atoms with Gasteiger partial charge in [0.2, 0.25) is 0 Å². The number of rotatable bonds is 7. The zero-order chi connectivity index (χ0) is 19.8. The zero-order valence-corrected chi connectivity index (χ0v) is 16.1. The van der Waals surface area contributed by atoms with Crippen molar-refractivity contribution in [3.8, 4) is 11.5 Å². The van der Waals surface area contributed by atoms with Gasteiger partial charge < -0.3 is 19.5 Å². The molecule has 0 heterocycles. The van der Waals surface area contributed by atoms with Crippen LogP contribution in [0, 0.1) is 0 Å². The predicted octanol–water partition coefficient (Wildman–Crippen LogP) is 4.21. The molecule has 0 radical (unpaired) electrons. The van der Waals surface area contributed by atoms with Crippen LogP contribution in [-0.2, 0) is 14.3 Å². The van der Waals surface area contributed by atoms with E-state index in [1.165, 1.54) is 26.4 Å². The highest BCUT2D eigenvalue weighted by Gasteiger charge is 2.10. The average molecular weight is 410 g/mol. The van der Waals surface area contributed by atoms with E-state index in [9.17, 15) is 9.59 Å². The van der Waals surface area contributed by atoms with Crippen LogP contribution in [0.1, 0.15) is 5.56 Å². The normalized spacial score (nSPS) is 10.5. The number of methoxy groups -OCH3 is 2. The smallest absolute Gasteiger partial charge is 0.331 e. The summed E-state index contributed by atoms with van der Waals surface area (Å²) in [5.74, 6) is -0.307. The highest BCUT2D eigenvalue weighted by Crippen LogP contribution is 2.36. The molecule has 0 atom stereocenters. The predicted molar refractivity (Wildman–Crippen MR) is 105 cm³/mol. The molecule has 0 spiro atoms. The molecule has 0 saturated heterocycles. The first-order valence-corrected chi connectivity index (χ1v) is 8.50. The molecular weight excluding hydrogens is 393 g/mol. The second-order valence-electron chi connectivity index (χ2n) is 5.23. The van der Waals surface area contributed by atoms with E-state index in [2.05, 4.69) is 5.32 Å². The Morgan fingerprint density at radius 2 is 1.78 bits per heavy atom. The van der Waals surface area contributed by atoms with Gasteiger partial charge in [-0.05, 0) is 48.0 Å². The number of carbonyl (C=O) groups excluding carboxylic acids is 2. The van der Waals surface area contributed by atoms with Crippen LogP contribution in [0.4, 0.5) is 5.69 Å². The van der Waals surface area contributed by atoms with Crippen LogP contribution in [-0.4, -0.2) is 32.7 Å². The fourth-order valence-corrected chi connectivity index (χ4v) is 2.54. The van der Waals surface area contributed by atoms with Gasteiger partial charge in [0.1, 0.15) is 0 Å². The Morgan fingerprint density at radius 3 is 2.41 bits per heavy atom. The van der Waals surface area contributed by atoms with Crippen LogP contribution >= 0.6 is 23.2 Å². The number of nitrogens with one attached hydrogen (secondary N) is 1. The highest BCUT2D eigenvalue weighted by atomic mass is 35.5. The lowest BCUT2D eigenvalue weighted by Gasteiger charge is -2.10. The monoisotopic (exact) mass is 409 g/mol. The number of ether oxygens (including phenoxy) is 3. The molecule has 0 unspecified atom stereocenters. The molecular formula is C19H17Cl2NO5. The minimum atomic E-state index is -0.674. The molecule has 6 nitrogen and oxygen atoms in total. The summed E-state index contributed by atoms with van der Waals surface area (Å²) >= 11 is 11.9. The van der Waals surface area contributed by atoms with Crippen LogP contribution in [0.3, 0.4) is 0 Å². The van der Waals surface area contributed by atoms with Crippen molar-refractivity contribution in [1.29, 1.82) is 0 Å². The molecule has 2 rings (SSSR count). The molecule has 1 amide bonds. The standard InChI is InChI=1S/C19H17Cl2NO5/c1-25-16-10-12(9-15(21)19(16)26-2)3-8-18(24)27-11-17(23)22-14-6-4-13(20)5-7-14/h3-10H,11H2,1-2H3,(H,22,23)/b8-3+. The van der Waals surface area contributed by atoms with Crippen molar-refractivity contribution in [1.82, 2.24) is 0 Å². The largest absolute Gasteiger partial charge is 0.493 e. The Hall–Kier alpha value is -2.70. The minimum Gasteiger partial charge on any atom is -0.493 e. The maximum Gasteiger partial charge on any atom is 0.331 e. The number of carbonyl (C=O) groups is 2. The molecule has 0 fully saturated rings. The number of benzene rings is 2. The summed E-state index contributed by atoms with van der Waals surface area (Å²) in [5.41, 5.74) is 1.16. The van der Waals surface area contributed by atoms with E-state index in [1.807, 2.05) is 0 Å².